The van der Waals surface area contributed by atoms with Gasteiger partial charge in [-0.05, 0) is 20.8 Å². The Bertz CT molecular complexity index is 368. The van der Waals surface area contributed by atoms with Gasteiger partial charge in [0.25, 0.3) is 0 Å². The van der Waals surface area contributed by atoms with Crippen LogP contribution in [0.25, 0.3) is 0 Å². The van der Waals surface area contributed by atoms with E-state index in [-0.39, 0.29) is 0 Å². The molecule has 0 atom stereocenters. The van der Waals surface area contributed by atoms with Crippen molar-refractivity contribution < 1.29 is 22.7 Å². The molecule has 104 valence electrons. The lowest BCUT2D eigenvalue weighted by Crippen LogP contribution is -2.38. The highest BCUT2D eigenvalue weighted by molar-refractivity contribution is 6.05. The molecule has 0 heterocycles. The Morgan fingerprint density at radius 1 is 1.33 bits per heavy atom. The number of alkyl halides is 3. The van der Waals surface area contributed by atoms with Gasteiger partial charge in [-0.3, -0.25) is 10.3 Å². The van der Waals surface area contributed by atoms with Gasteiger partial charge in [0.2, 0.25) is 0 Å². The van der Waals surface area contributed by atoms with Crippen molar-refractivity contribution in [3.63, 3.8) is 0 Å². The van der Waals surface area contributed by atoms with Crippen LogP contribution in [0.5, 0.6) is 0 Å². The maximum Gasteiger partial charge on any atom is 0.435 e. The first-order valence-corrected chi connectivity index (χ1v) is 4.97. The van der Waals surface area contributed by atoms with Crippen LogP contribution < -0.4 is 11.1 Å². The minimum Gasteiger partial charge on any atom is -0.444 e. The maximum absolute atomic E-state index is 12.5. The van der Waals surface area contributed by atoms with Gasteiger partial charge in [-0.25, -0.2) is 4.79 Å². The third-order valence-electron chi connectivity index (χ3n) is 1.55. The van der Waals surface area contributed by atoms with E-state index in [2.05, 4.69) is 4.99 Å². The number of nitrogens with zero attached hydrogens (tertiary/aromatic N) is 1. The summed E-state index contributed by atoms with van der Waals surface area (Å²) in [5.41, 5.74) is 2.28. The lowest BCUT2D eigenvalue weighted by atomic mass is 10.2. The topological polar surface area (TPSA) is 76.7 Å². The number of alkyl carbamates (subject to hydrolysis) is 1. The molecule has 0 saturated heterocycles. The summed E-state index contributed by atoms with van der Waals surface area (Å²) in [7, 11) is 0.948. The van der Waals surface area contributed by atoms with Crippen molar-refractivity contribution in [1.29, 1.82) is 0 Å². The molecule has 5 nitrogen and oxygen atoms in total. The van der Waals surface area contributed by atoms with Crippen LogP contribution >= 0.6 is 0 Å². The summed E-state index contributed by atoms with van der Waals surface area (Å²) >= 11 is 0. The van der Waals surface area contributed by atoms with Crippen molar-refractivity contribution in [3.05, 3.63) is 11.9 Å². The van der Waals surface area contributed by atoms with E-state index < -0.39 is 29.3 Å². The number of hydrogen-bond acceptors (Lipinski definition) is 4. The second-order valence-electron chi connectivity index (χ2n) is 4.28. The third kappa shape index (κ3) is 5.55. The van der Waals surface area contributed by atoms with Crippen molar-refractivity contribution in [1.82, 2.24) is 5.32 Å². The van der Waals surface area contributed by atoms with Gasteiger partial charge < -0.3 is 10.5 Å². The van der Waals surface area contributed by atoms with E-state index in [1.165, 1.54) is 0 Å². The number of rotatable bonds is 2. The zero-order chi connectivity index (χ0) is 14.6. The number of amides is 1. The second kappa shape index (κ2) is 5.74. The minimum absolute atomic E-state index is 0.611. The van der Waals surface area contributed by atoms with E-state index in [4.69, 9.17) is 10.5 Å². The van der Waals surface area contributed by atoms with Gasteiger partial charge in [-0.2, -0.15) is 13.2 Å². The number of allylic oxidation sites excluding steroid dienone is 1. The van der Waals surface area contributed by atoms with Crippen LogP contribution in [-0.4, -0.2) is 30.6 Å². The number of nitrogens with two attached hydrogens (primary N) is 1. The summed E-state index contributed by atoms with van der Waals surface area (Å²) in [6, 6.07) is 0. The van der Waals surface area contributed by atoms with Crippen LogP contribution in [-0.2, 0) is 4.74 Å². The van der Waals surface area contributed by atoms with E-state index in [1.54, 1.807) is 20.8 Å². The van der Waals surface area contributed by atoms with Gasteiger partial charge in [0.1, 0.15) is 5.60 Å². The normalized spacial score (nSPS) is 14.4. The molecule has 0 spiro atoms. The molecule has 0 aliphatic carbocycles. The lowest BCUT2D eigenvalue weighted by molar-refractivity contribution is -0.0585. The molecular weight excluding hydrogens is 251 g/mol. The van der Waals surface area contributed by atoms with Gasteiger partial charge in [0.15, 0.2) is 5.71 Å². The molecule has 0 fully saturated rings. The number of carbonyl (C=O) groups excluding carboxylic acids is 1. The predicted octanol–water partition coefficient (Wildman–Crippen LogP) is 1.94. The molecule has 0 bridgehead atoms. The molecule has 0 aromatic heterocycles. The van der Waals surface area contributed by atoms with Crippen molar-refractivity contribution in [3.8, 4) is 0 Å². The van der Waals surface area contributed by atoms with Crippen molar-refractivity contribution in [2.24, 2.45) is 10.7 Å². The summed E-state index contributed by atoms with van der Waals surface area (Å²) in [6.45, 7) is 4.74. The standard InChI is InChI=1S/C10H16F3N3O2/c1-9(2,3)18-8(17)16-6(5-14)7(15-4)10(11,12)13/h5H,14H2,1-4H3,(H,16,17). The Morgan fingerprint density at radius 2 is 1.83 bits per heavy atom. The maximum atomic E-state index is 12.5. The molecular formula is C10H16F3N3O2. The molecule has 0 rings (SSSR count). The van der Waals surface area contributed by atoms with Crippen LogP contribution in [0, 0.1) is 0 Å². The van der Waals surface area contributed by atoms with E-state index >= 15 is 0 Å². The van der Waals surface area contributed by atoms with E-state index in [9.17, 15) is 18.0 Å². The first-order valence-electron chi connectivity index (χ1n) is 4.97. The molecule has 18 heavy (non-hydrogen) atoms. The van der Waals surface area contributed by atoms with Crippen molar-refractivity contribution in [2.75, 3.05) is 7.05 Å². The Morgan fingerprint density at radius 3 is 2.11 bits per heavy atom. The van der Waals surface area contributed by atoms with Gasteiger partial charge in [-0.1, -0.05) is 0 Å². The van der Waals surface area contributed by atoms with Gasteiger partial charge in [-0.15, -0.1) is 0 Å². The first-order chi connectivity index (χ1) is 8.01. The smallest absolute Gasteiger partial charge is 0.435 e. The average Bonchev–Trinajstić information content (AvgIpc) is 2.11. The van der Waals surface area contributed by atoms with Crippen LogP contribution in [0.4, 0.5) is 18.0 Å². The van der Waals surface area contributed by atoms with Crippen LogP contribution in [0.3, 0.4) is 0 Å². The Balaban J connectivity index is 4.90. The molecule has 0 aliphatic rings. The summed E-state index contributed by atoms with van der Waals surface area (Å²) in [6.07, 6.45) is -5.14. The lowest BCUT2D eigenvalue weighted by Gasteiger charge is -2.21. The molecule has 0 aromatic carbocycles. The SMILES string of the molecule is CN=C(C(=CN)NC(=O)OC(C)(C)C)C(F)(F)F. The summed E-state index contributed by atoms with van der Waals surface area (Å²) in [5, 5.41) is 1.90. The Kier molecular flexibility index (Phi) is 5.19. The fourth-order valence-corrected chi connectivity index (χ4v) is 0.993. The number of nitrogens with one attached hydrogen (secondary N) is 1. The predicted molar refractivity (Wildman–Crippen MR) is 61.1 cm³/mol. The van der Waals surface area contributed by atoms with E-state index in [1.807, 2.05) is 5.32 Å². The highest BCUT2D eigenvalue weighted by atomic mass is 19.4. The molecule has 1 amide bonds. The molecule has 0 saturated carbocycles. The van der Waals surface area contributed by atoms with Crippen LogP contribution in [0.1, 0.15) is 20.8 Å². The van der Waals surface area contributed by atoms with Gasteiger partial charge >= 0.3 is 12.3 Å². The van der Waals surface area contributed by atoms with Gasteiger partial charge in [0.05, 0.1) is 5.70 Å². The zero-order valence-corrected chi connectivity index (χ0v) is 10.6. The molecule has 0 radical (unpaired) electrons. The van der Waals surface area contributed by atoms with Gasteiger partial charge in [0, 0.05) is 13.2 Å². The molecule has 0 aromatic rings. The molecule has 3 N–H and O–H groups in total. The minimum atomic E-state index is -4.71. The fraction of sp³-hybridized carbons (Fsp3) is 0.600. The monoisotopic (exact) mass is 267 g/mol. The highest BCUT2D eigenvalue weighted by Gasteiger charge is 2.38. The van der Waals surface area contributed by atoms with Crippen LogP contribution in [0.2, 0.25) is 0 Å². The number of halogens is 3. The Labute approximate surface area is 103 Å². The van der Waals surface area contributed by atoms with E-state index in [0.29, 0.717) is 6.20 Å². The summed E-state index contributed by atoms with van der Waals surface area (Å²) < 4.78 is 42.4. The van der Waals surface area contributed by atoms with Crippen molar-refractivity contribution in [2.45, 2.75) is 32.5 Å². The summed E-state index contributed by atoms with van der Waals surface area (Å²) in [4.78, 5) is 14.4. The third-order valence-corrected chi connectivity index (χ3v) is 1.55. The number of aliphatic imine (C=N–C) groups is 1. The molecule has 8 heteroatoms. The average molecular weight is 267 g/mol. The van der Waals surface area contributed by atoms with Crippen molar-refractivity contribution >= 4 is 11.8 Å². The largest absolute Gasteiger partial charge is 0.444 e. The highest BCUT2D eigenvalue weighted by Crippen LogP contribution is 2.21. The van der Waals surface area contributed by atoms with E-state index in [0.717, 1.165) is 7.05 Å². The van der Waals surface area contributed by atoms with Crippen LogP contribution in [0.15, 0.2) is 16.9 Å². The molecule has 0 unspecified atom stereocenters. The fourth-order valence-electron chi connectivity index (χ4n) is 0.993. The summed E-state index contributed by atoms with van der Waals surface area (Å²) in [5.74, 6) is 0. The second-order valence-corrected chi connectivity index (χ2v) is 4.28. The quantitative estimate of drug-likeness (QED) is 0.751. The number of carbonyl (C=O) groups is 1. The Hall–Kier alpha value is -1.73. The zero-order valence-electron chi connectivity index (χ0n) is 10.6. The number of hydrogen-bond donors (Lipinski definition) is 2. The first kappa shape index (κ1) is 16.3. The number of ether oxygens (including phenoxy) is 1. The molecule has 0 aliphatic heterocycles.